The Kier molecular flexibility index (Phi) is 2.40. The first kappa shape index (κ1) is 9.07. The highest BCUT2D eigenvalue weighted by atomic mass is 14.7. The van der Waals surface area contributed by atoms with E-state index in [4.69, 9.17) is 0 Å². The van der Waals surface area contributed by atoms with Crippen molar-refractivity contribution < 1.29 is 0 Å². The summed E-state index contributed by atoms with van der Waals surface area (Å²) < 4.78 is 0. The first-order chi connectivity index (χ1) is 6.85. The van der Waals surface area contributed by atoms with E-state index in [1.54, 1.807) is 0 Å². The van der Waals surface area contributed by atoms with Crippen molar-refractivity contribution in [3.63, 3.8) is 0 Å². The monoisotopic (exact) mass is 185 g/mol. The minimum Gasteiger partial charge on any atom is -0.355 e. The van der Waals surface area contributed by atoms with Gasteiger partial charge in [0.15, 0.2) is 0 Å². The molecule has 0 fully saturated rings. The summed E-state index contributed by atoms with van der Waals surface area (Å²) in [5.74, 6) is 0. The molecule has 0 spiro atoms. The summed E-state index contributed by atoms with van der Waals surface area (Å²) in [5, 5.41) is 1.29. The van der Waals surface area contributed by atoms with E-state index in [1.807, 2.05) is 0 Å². The number of allylic oxidation sites excluding steroid dienone is 2. The van der Waals surface area contributed by atoms with Crippen LogP contribution >= 0.6 is 0 Å². The predicted octanol–water partition coefficient (Wildman–Crippen LogP) is 3.98. The fraction of sp³-hybridized carbons (Fsp3) is 0.231. The lowest BCUT2D eigenvalue weighted by molar-refractivity contribution is 1.20. The number of aromatic nitrogens is 1. The number of nitrogens with one attached hydrogen (secondary N) is 1. The minimum absolute atomic E-state index is 1.07. The average Bonchev–Trinajstić information content (AvgIpc) is 2.63. The van der Waals surface area contributed by atoms with Gasteiger partial charge in [0.2, 0.25) is 0 Å². The molecule has 2 aromatic rings. The molecule has 0 aliphatic heterocycles. The van der Waals surface area contributed by atoms with Gasteiger partial charge in [-0.15, -0.1) is 0 Å². The maximum atomic E-state index is 3.43. The lowest BCUT2D eigenvalue weighted by Crippen LogP contribution is -1.80. The Hall–Kier alpha value is -1.50. The topological polar surface area (TPSA) is 15.8 Å². The molecule has 2 rings (SSSR count). The lowest BCUT2D eigenvalue weighted by Gasteiger charge is -1.98. The number of hydrogen-bond donors (Lipinski definition) is 1. The van der Waals surface area contributed by atoms with Gasteiger partial charge < -0.3 is 4.98 Å². The van der Waals surface area contributed by atoms with E-state index in [1.165, 1.54) is 22.2 Å². The third-order valence-electron chi connectivity index (χ3n) is 2.61. The maximum Gasteiger partial charge on any atom is 0.0458 e. The molecule has 1 N–H and O–H groups in total. The van der Waals surface area contributed by atoms with Crippen LogP contribution in [0.1, 0.15) is 26.0 Å². The lowest BCUT2D eigenvalue weighted by atomic mass is 10.1. The quantitative estimate of drug-likeness (QED) is 0.728. The third-order valence-corrected chi connectivity index (χ3v) is 2.61. The maximum absolute atomic E-state index is 3.43. The Bertz CT molecular complexity index is 430. The summed E-state index contributed by atoms with van der Waals surface area (Å²) in [6.07, 6.45) is 3.24. The fourth-order valence-electron chi connectivity index (χ4n) is 1.80. The van der Waals surface area contributed by atoms with E-state index < -0.39 is 0 Å². The van der Waals surface area contributed by atoms with Gasteiger partial charge in [0.25, 0.3) is 0 Å². The van der Waals surface area contributed by atoms with Gasteiger partial charge in [-0.25, -0.2) is 0 Å². The van der Waals surface area contributed by atoms with Gasteiger partial charge in [0, 0.05) is 11.2 Å². The Morgan fingerprint density at radius 1 is 1.36 bits per heavy atom. The molecule has 0 radical (unpaired) electrons. The minimum atomic E-state index is 1.07. The second kappa shape index (κ2) is 3.70. The smallest absolute Gasteiger partial charge is 0.0458 e. The van der Waals surface area contributed by atoms with Crippen molar-refractivity contribution in [3.05, 3.63) is 42.1 Å². The Morgan fingerprint density at radius 2 is 2.14 bits per heavy atom. The van der Waals surface area contributed by atoms with Gasteiger partial charge in [0.05, 0.1) is 0 Å². The number of hydrogen-bond acceptors (Lipinski definition) is 0. The van der Waals surface area contributed by atoms with Crippen molar-refractivity contribution in [3.8, 4) is 0 Å². The first-order valence-electron chi connectivity index (χ1n) is 5.08. The number of rotatable bonds is 2. The zero-order valence-electron chi connectivity index (χ0n) is 8.67. The van der Waals surface area contributed by atoms with Crippen LogP contribution in [0.25, 0.3) is 16.5 Å². The van der Waals surface area contributed by atoms with E-state index in [2.05, 4.69) is 55.2 Å². The summed E-state index contributed by atoms with van der Waals surface area (Å²) >= 11 is 0. The molecule has 0 saturated heterocycles. The average molecular weight is 185 g/mol. The van der Waals surface area contributed by atoms with Crippen LogP contribution in [0.5, 0.6) is 0 Å². The van der Waals surface area contributed by atoms with Crippen LogP contribution in [0.15, 0.2) is 36.4 Å². The molecular formula is C13H15N. The molecule has 1 heterocycles. The summed E-state index contributed by atoms with van der Waals surface area (Å²) in [5.41, 5.74) is 3.84. The van der Waals surface area contributed by atoms with Crippen molar-refractivity contribution in [2.75, 3.05) is 0 Å². The standard InChI is InChI=1S/C13H15N/c1-3-10(4-2)13-9-11-7-5-6-8-12(11)14-13/h3,5-9,14H,4H2,1-2H3/b10-3+. The number of fused-ring (bicyclic) bond motifs is 1. The van der Waals surface area contributed by atoms with Crippen LogP contribution in [0.2, 0.25) is 0 Å². The molecule has 1 nitrogen and oxygen atoms in total. The molecule has 0 amide bonds. The zero-order valence-corrected chi connectivity index (χ0v) is 8.67. The number of benzene rings is 1. The number of aromatic amines is 1. The Balaban J connectivity index is 2.55. The van der Waals surface area contributed by atoms with E-state index in [9.17, 15) is 0 Å². The van der Waals surface area contributed by atoms with E-state index in [-0.39, 0.29) is 0 Å². The zero-order chi connectivity index (χ0) is 9.97. The highest BCUT2D eigenvalue weighted by Crippen LogP contribution is 2.22. The third kappa shape index (κ3) is 1.46. The molecule has 1 heteroatoms. The van der Waals surface area contributed by atoms with Crippen molar-refractivity contribution in [1.82, 2.24) is 4.98 Å². The van der Waals surface area contributed by atoms with Crippen LogP contribution in [0.3, 0.4) is 0 Å². The molecule has 0 aliphatic rings. The highest BCUT2D eigenvalue weighted by Gasteiger charge is 2.02. The Morgan fingerprint density at radius 3 is 2.79 bits per heavy atom. The fourth-order valence-corrected chi connectivity index (χ4v) is 1.80. The number of H-pyrrole nitrogens is 1. The predicted molar refractivity (Wildman–Crippen MR) is 62.2 cm³/mol. The van der Waals surface area contributed by atoms with Gasteiger partial charge in [-0.2, -0.15) is 0 Å². The second-order valence-electron chi connectivity index (χ2n) is 3.44. The van der Waals surface area contributed by atoms with Gasteiger partial charge in [-0.05, 0) is 36.4 Å². The highest BCUT2D eigenvalue weighted by molar-refractivity contribution is 5.84. The van der Waals surface area contributed by atoms with E-state index in [0.29, 0.717) is 0 Å². The molecule has 0 saturated carbocycles. The van der Waals surface area contributed by atoms with Gasteiger partial charge in [-0.1, -0.05) is 31.2 Å². The second-order valence-corrected chi connectivity index (χ2v) is 3.44. The molecule has 0 atom stereocenters. The summed E-state index contributed by atoms with van der Waals surface area (Å²) in [4.78, 5) is 3.43. The summed E-state index contributed by atoms with van der Waals surface area (Å²) in [6.45, 7) is 4.27. The normalized spacial score (nSPS) is 12.3. The van der Waals surface area contributed by atoms with Crippen LogP contribution in [-0.4, -0.2) is 4.98 Å². The van der Waals surface area contributed by atoms with Gasteiger partial charge in [0.1, 0.15) is 0 Å². The molecule has 14 heavy (non-hydrogen) atoms. The SMILES string of the molecule is C/C=C(\CC)c1cc2ccccc2[nH]1. The first-order valence-corrected chi connectivity index (χ1v) is 5.08. The molecule has 1 aromatic carbocycles. The molecule has 0 aliphatic carbocycles. The van der Waals surface area contributed by atoms with E-state index >= 15 is 0 Å². The van der Waals surface area contributed by atoms with Crippen molar-refractivity contribution >= 4 is 16.5 Å². The van der Waals surface area contributed by atoms with Crippen LogP contribution in [0.4, 0.5) is 0 Å². The van der Waals surface area contributed by atoms with Crippen LogP contribution in [-0.2, 0) is 0 Å². The molecule has 0 unspecified atom stereocenters. The van der Waals surface area contributed by atoms with Crippen LogP contribution in [0, 0.1) is 0 Å². The molecular weight excluding hydrogens is 170 g/mol. The summed E-state index contributed by atoms with van der Waals surface area (Å²) in [7, 11) is 0. The van der Waals surface area contributed by atoms with Crippen molar-refractivity contribution in [2.45, 2.75) is 20.3 Å². The summed E-state index contributed by atoms with van der Waals surface area (Å²) in [6, 6.07) is 10.6. The largest absolute Gasteiger partial charge is 0.355 e. The number of para-hydroxylation sites is 1. The van der Waals surface area contributed by atoms with Crippen molar-refractivity contribution in [1.29, 1.82) is 0 Å². The van der Waals surface area contributed by atoms with Gasteiger partial charge >= 0.3 is 0 Å². The molecule has 0 bridgehead atoms. The Labute approximate surface area is 84.5 Å². The van der Waals surface area contributed by atoms with Gasteiger partial charge in [-0.3, -0.25) is 0 Å². The molecule has 1 aromatic heterocycles. The van der Waals surface area contributed by atoms with Crippen molar-refractivity contribution in [2.24, 2.45) is 0 Å². The molecule has 72 valence electrons. The van der Waals surface area contributed by atoms with E-state index in [0.717, 1.165) is 6.42 Å². The van der Waals surface area contributed by atoms with Crippen LogP contribution < -0.4 is 0 Å².